The van der Waals surface area contributed by atoms with Crippen molar-refractivity contribution < 1.29 is 4.42 Å². The fraction of sp³-hybridized carbons (Fsp3) is 0.0476. The first-order chi connectivity index (χ1) is 21.3. The van der Waals surface area contributed by atoms with Gasteiger partial charge in [0.05, 0.1) is 0 Å². The van der Waals surface area contributed by atoms with Gasteiger partial charge >= 0.3 is 0 Å². The molecule has 1 aromatic heterocycles. The molecule has 0 bridgehead atoms. The van der Waals surface area contributed by atoms with Crippen LogP contribution in [-0.2, 0) is 0 Å². The monoisotopic (exact) mass is 550 g/mol. The normalized spacial score (nSPS) is 12.7. The van der Waals surface area contributed by atoms with Crippen LogP contribution in [0.1, 0.15) is 13.8 Å². The van der Waals surface area contributed by atoms with Crippen molar-refractivity contribution in [1.29, 1.82) is 0 Å². The molecule has 204 valence electrons. The van der Waals surface area contributed by atoms with E-state index in [-0.39, 0.29) is 0 Å². The Morgan fingerprint density at radius 1 is 0.465 bits per heavy atom. The average molecular weight is 551 g/mol. The average Bonchev–Trinajstić information content (AvgIpc) is 3.47. The van der Waals surface area contributed by atoms with Gasteiger partial charge in [-0.2, -0.15) is 0 Å². The van der Waals surface area contributed by atoms with E-state index in [2.05, 4.69) is 153 Å². The summed E-state index contributed by atoms with van der Waals surface area (Å²) in [5, 5.41) is 9.84. The Bertz CT molecular complexity index is 2440. The molecule has 0 spiro atoms. The van der Waals surface area contributed by atoms with Crippen LogP contribution in [0.15, 0.2) is 138 Å². The number of fused-ring (bicyclic) bond motifs is 6. The van der Waals surface area contributed by atoms with Gasteiger partial charge in [0.1, 0.15) is 11.2 Å². The molecule has 0 aliphatic rings. The third-order valence-electron chi connectivity index (χ3n) is 8.79. The Kier molecular flexibility index (Phi) is 5.98. The molecule has 1 nitrogen and oxygen atoms in total. The van der Waals surface area contributed by atoms with Crippen LogP contribution < -0.4 is 10.4 Å². The Hall–Kier alpha value is -5.40. The summed E-state index contributed by atoms with van der Waals surface area (Å²) in [5.74, 6) is 0. The first kappa shape index (κ1) is 25.3. The molecule has 8 aromatic rings. The van der Waals surface area contributed by atoms with Crippen molar-refractivity contribution in [3.05, 3.63) is 144 Å². The highest BCUT2D eigenvalue weighted by atomic mass is 16.3. The SMILES string of the molecule is CC=c1c(-c2ccccc2)c2ccccc2c(-c2ccc(-c3cc4ccccc4c4c3oc3ccccc34)cc2)c1=CC. The van der Waals surface area contributed by atoms with E-state index in [4.69, 9.17) is 4.42 Å². The second kappa shape index (κ2) is 10.2. The molecule has 8 rings (SSSR count). The smallest absolute Gasteiger partial charge is 0.143 e. The molecule has 0 saturated carbocycles. The Labute approximate surface area is 250 Å². The predicted molar refractivity (Wildman–Crippen MR) is 185 cm³/mol. The van der Waals surface area contributed by atoms with Crippen LogP contribution >= 0.6 is 0 Å². The van der Waals surface area contributed by atoms with Crippen molar-refractivity contribution in [3.63, 3.8) is 0 Å². The Morgan fingerprint density at radius 2 is 0.977 bits per heavy atom. The van der Waals surface area contributed by atoms with Gasteiger partial charge in [-0.05, 0) is 85.8 Å². The van der Waals surface area contributed by atoms with Crippen LogP contribution in [0.5, 0.6) is 0 Å². The second-order valence-corrected chi connectivity index (χ2v) is 11.1. The fourth-order valence-corrected chi connectivity index (χ4v) is 6.91. The van der Waals surface area contributed by atoms with Crippen LogP contribution in [0.3, 0.4) is 0 Å². The molecule has 0 amide bonds. The van der Waals surface area contributed by atoms with Gasteiger partial charge in [-0.15, -0.1) is 0 Å². The Balaban J connectivity index is 1.37. The lowest BCUT2D eigenvalue weighted by molar-refractivity contribution is 0.670. The number of para-hydroxylation sites is 1. The Morgan fingerprint density at radius 3 is 1.63 bits per heavy atom. The maximum absolute atomic E-state index is 6.53. The molecule has 0 radical (unpaired) electrons. The summed E-state index contributed by atoms with van der Waals surface area (Å²) >= 11 is 0. The van der Waals surface area contributed by atoms with Crippen LogP contribution in [-0.4, -0.2) is 0 Å². The van der Waals surface area contributed by atoms with Gasteiger partial charge in [0, 0.05) is 16.3 Å². The lowest BCUT2D eigenvalue weighted by Crippen LogP contribution is -2.29. The summed E-state index contributed by atoms with van der Waals surface area (Å²) < 4.78 is 6.53. The molecule has 7 aromatic carbocycles. The van der Waals surface area contributed by atoms with Gasteiger partial charge in [-0.3, -0.25) is 0 Å². The summed E-state index contributed by atoms with van der Waals surface area (Å²) in [7, 11) is 0. The summed E-state index contributed by atoms with van der Waals surface area (Å²) in [4.78, 5) is 0. The zero-order valence-electron chi connectivity index (χ0n) is 24.3. The van der Waals surface area contributed by atoms with Crippen LogP contribution in [0.4, 0.5) is 0 Å². The summed E-state index contributed by atoms with van der Waals surface area (Å²) in [5.41, 5.74) is 9.12. The maximum atomic E-state index is 6.53. The quantitative estimate of drug-likeness (QED) is 0.213. The number of rotatable bonds is 3. The standard InChI is InChI=1S/C42H30O/c1-3-31-32(4-2)40(35-19-11-10-18-34(35)39(31)28-14-6-5-7-15-28)29-24-22-27(23-25-29)37-26-30-16-8-9-17-33(30)41-36-20-12-13-21-38(36)43-42(37)41/h3-26H,1-2H3. The van der Waals surface area contributed by atoms with Crippen molar-refractivity contribution in [2.75, 3.05) is 0 Å². The van der Waals surface area contributed by atoms with Crippen LogP contribution in [0, 0.1) is 0 Å². The molecule has 0 saturated heterocycles. The molecule has 0 N–H and O–H groups in total. The zero-order valence-corrected chi connectivity index (χ0v) is 24.3. The van der Waals surface area contributed by atoms with E-state index in [0.717, 1.165) is 27.7 Å². The molecule has 1 heteroatoms. The largest absolute Gasteiger partial charge is 0.455 e. The molecule has 0 fully saturated rings. The van der Waals surface area contributed by atoms with E-state index in [9.17, 15) is 0 Å². The number of benzene rings is 7. The van der Waals surface area contributed by atoms with E-state index >= 15 is 0 Å². The molecule has 0 atom stereocenters. The summed E-state index contributed by atoms with van der Waals surface area (Å²) in [6.45, 7) is 4.30. The lowest BCUT2D eigenvalue weighted by atomic mass is 9.87. The first-order valence-electron chi connectivity index (χ1n) is 14.9. The van der Waals surface area contributed by atoms with E-state index < -0.39 is 0 Å². The molecule has 1 heterocycles. The van der Waals surface area contributed by atoms with Gasteiger partial charge in [0.25, 0.3) is 0 Å². The van der Waals surface area contributed by atoms with Crippen molar-refractivity contribution >= 4 is 55.6 Å². The highest BCUT2D eigenvalue weighted by Crippen LogP contribution is 2.41. The van der Waals surface area contributed by atoms with Gasteiger partial charge < -0.3 is 4.42 Å². The lowest BCUT2D eigenvalue weighted by Gasteiger charge is -2.16. The minimum Gasteiger partial charge on any atom is -0.455 e. The van der Waals surface area contributed by atoms with Crippen LogP contribution in [0.25, 0.3) is 89.0 Å². The molecule has 0 aliphatic carbocycles. The summed E-state index contributed by atoms with van der Waals surface area (Å²) in [6, 6.07) is 47.9. The van der Waals surface area contributed by atoms with Gasteiger partial charge in [0.15, 0.2) is 0 Å². The number of hydrogen-bond acceptors (Lipinski definition) is 1. The van der Waals surface area contributed by atoms with Crippen molar-refractivity contribution in [2.24, 2.45) is 0 Å². The molecule has 0 unspecified atom stereocenters. The van der Waals surface area contributed by atoms with Gasteiger partial charge in [0.2, 0.25) is 0 Å². The van der Waals surface area contributed by atoms with E-state index in [1.165, 1.54) is 59.6 Å². The topological polar surface area (TPSA) is 13.1 Å². The minimum atomic E-state index is 0.920. The van der Waals surface area contributed by atoms with E-state index in [1.807, 2.05) is 6.07 Å². The number of furan rings is 1. The maximum Gasteiger partial charge on any atom is 0.143 e. The van der Waals surface area contributed by atoms with Crippen molar-refractivity contribution in [2.45, 2.75) is 13.8 Å². The molecular formula is C42H30O. The highest BCUT2D eigenvalue weighted by molar-refractivity contribution is 6.22. The van der Waals surface area contributed by atoms with Crippen molar-refractivity contribution in [3.8, 4) is 33.4 Å². The van der Waals surface area contributed by atoms with E-state index in [1.54, 1.807) is 0 Å². The fourth-order valence-electron chi connectivity index (χ4n) is 6.91. The second-order valence-electron chi connectivity index (χ2n) is 11.1. The van der Waals surface area contributed by atoms with Crippen LogP contribution in [0.2, 0.25) is 0 Å². The molecular weight excluding hydrogens is 520 g/mol. The number of hydrogen-bond donors (Lipinski definition) is 0. The molecule has 43 heavy (non-hydrogen) atoms. The third-order valence-corrected chi connectivity index (χ3v) is 8.79. The highest BCUT2D eigenvalue weighted by Gasteiger charge is 2.17. The third kappa shape index (κ3) is 3.93. The van der Waals surface area contributed by atoms with E-state index in [0.29, 0.717) is 0 Å². The predicted octanol–water partition coefficient (Wildman–Crippen LogP) is 10.5. The zero-order chi connectivity index (χ0) is 28.9. The van der Waals surface area contributed by atoms with Gasteiger partial charge in [-0.25, -0.2) is 0 Å². The first-order valence-corrected chi connectivity index (χ1v) is 14.9. The van der Waals surface area contributed by atoms with Gasteiger partial charge in [-0.1, -0.05) is 133 Å². The van der Waals surface area contributed by atoms with Crippen molar-refractivity contribution in [1.82, 2.24) is 0 Å². The minimum absolute atomic E-state index is 0.920. The molecule has 0 aliphatic heterocycles. The summed E-state index contributed by atoms with van der Waals surface area (Å²) in [6.07, 6.45) is 4.52.